The van der Waals surface area contributed by atoms with Crippen molar-refractivity contribution in [2.45, 2.75) is 13.0 Å². The third kappa shape index (κ3) is 4.31. The summed E-state index contributed by atoms with van der Waals surface area (Å²) in [6, 6.07) is 3.50. The average molecular weight is 252 g/mol. The van der Waals surface area contributed by atoms with E-state index in [2.05, 4.69) is 15.6 Å². The largest absolute Gasteiger partial charge is 0.383 e. The fraction of sp³-hybridized carbons (Fsp3) is 0.500. The zero-order valence-electron chi connectivity index (χ0n) is 10.8. The molecule has 1 unspecified atom stereocenters. The summed E-state index contributed by atoms with van der Waals surface area (Å²) in [7, 11) is 1.62. The Morgan fingerprint density at radius 1 is 1.61 bits per heavy atom. The van der Waals surface area contributed by atoms with Crippen LogP contribution in [0.1, 0.15) is 17.4 Å². The maximum absolute atomic E-state index is 11.6. The first-order chi connectivity index (χ1) is 8.71. The lowest BCUT2D eigenvalue weighted by Gasteiger charge is -2.17. The Balaban J connectivity index is 2.72. The lowest BCUT2D eigenvalue weighted by Crippen LogP contribution is -2.33. The van der Waals surface area contributed by atoms with Crippen molar-refractivity contribution < 1.29 is 9.53 Å². The van der Waals surface area contributed by atoms with E-state index in [0.29, 0.717) is 25.4 Å². The molecule has 6 nitrogen and oxygen atoms in total. The predicted octanol–water partition coefficient (Wildman–Crippen LogP) is 0.217. The van der Waals surface area contributed by atoms with Crippen molar-refractivity contribution in [3.8, 4) is 0 Å². The number of carbonyl (C=O) groups excluding carboxylic acids is 1. The molecule has 0 bridgehead atoms. The van der Waals surface area contributed by atoms with E-state index < -0.39 is 0 Å². The maximum Gasteiger partial charge on any atom is 0.269 e. The number of rotatable bonds is 7. The highest BCUT2D eigenvalue weighted by atomic mass is 16.5. The minimum Gasteiger partial charge on any atom is -0.383 e. The number of amides is 1. The number of nitrogens with two attached hydrogens (primary N) is 1. The van der Waals surface area contributed by atoms with Gasteiger partial charge in [-0.2, -0.15) is 0 Å². The minimum absolute atomic E-state index is 0.0134. The molecule has 1 rings (SSSR count). The summed E-state index contributed by atoms with van der Waals surface area (Å²) >= 11 is 0. The van der Waals surface area contributed by atoms with E-state index in [1.807, 2.05) is 6.92 Å². The quantitative estimate of drug-likeness (QED) is 0.646. The highest BCUT2D eigenvalue weighted by Gasteiger charge is 2.09. The number of pyridine rings is 1. The topological polar surface area (TPSA) is 89.3 Å². The van der Waals surface area contributed by atoms with Crippen LogP contribution in [0.2, 0.25) is 0 Å². The van der Waals surface area contributed by atoms with Crippen molar-refractivity contribution >= 4 is 11.6 Å². The molecule has 0 aliphatic heterocycles. The molecular formula is C12H20N4O2. The summed E-state index contributed by atoms with van der Waals surface area (Å²) in [6.45, 7) is 3.40. The Bertz CT molecular complexity index is 384. The number of carbonyl (C=O) groups is 1. The van der Waals surface area contributed by atoms with Gasteiger partial charge >= 0.3 is 0 Å². The smallest absolute Gasteiger partial charge is 0.269 e. The van der Waals surface area contributed by atoms with Crippen molar-refractivity contribution in [2.75, 3.05) is 32.1 Å². The van der Waals surface area contributed by atoms with Crippen molar-refractivity contribution in [1.29, 1.82) is 0 Å². The van der Waals surface area contributed by atoms with Crippen molar-refractivity contribution in [2.24, 2.45) is 5.73 Å². The normalized spacial score (nSPS) is 11.9. The van der Waals surface area contributed by atoms with Crippen LogP contribution in [0.4, 0.5) is 5.69 Å². The highest BCUT2D eigenvalue weighted by Crippen LogP contribution is 2.09. The first-order valence-corrected chi connectivity index (χ1v) is 5.91. The molecule has 1 heterocycles. The summed E-state index contributed by atoms with van der Waals surface area (Å²) in [4.78, 5) is 15.6. The van der Waals surface area contributed by atoms with Crippen LogP contribution < -0.4 is 16.4 Å². The number of anilines is 1. The van der Waals surface area contributed by atoms with Gasteiger partial charge in [-0.25, -0.2) is 0 Å². The Labute approximate surface area is 107 Å². The van der Waals surface area contributed by atoms with Crippen molar-refractivity contribution in [1.82, 2.24) is 10.3 Å². The Hall–Kier alpha value is -1.66. The lowest BCUT2D eigenvalue weighted by molar-refractivity contribution is 0.0951. The molecule has 0 aliphatic rings. The Morgan fingerprint density at radius 3 is 3.00 bits per heavy atom. The molecule has 1 atom stereocenters. The van der Waals surface area contributed by atoms with Crippen LogP contribution in [0.5, 0.6) is 0 Å². The monoisotopic (exact) mass is 252 g/mol. The molecule has 0 aliphatic carbocycles. The van der Waals surface area contributed by atoms with Crippen molar-refractivity contribution in [3.63, 3.8) is 0 Å². The van der Waals surface area contributed by atoms with Crippen LogP contribution in [-0.2, 0) is 4.74 Å². The average Bonchev–Trinajstić information content (AvgIpc) is 2.39. The second kappa shape index (κ2) is 7.62. The van der Waals surface area contributed by atoms with E-state index in [-0.39, 0.29) is 11.9 Å². The zero-order valence-corrected chi connectivity index (χ0v) is 10.8. The summed E-state index contributed by atoms with van der Waals surface area (Å²) < 4.78 is 5.05. The van der Waals surface area contributed by atoms with E-state index >= 15 is 0 Å². The van der Waals surface area contributed by atoms with Gasteiger partial charge in [0, 0.05) is 32.1 Å². The van der Waals surface area contributed by atoms with Crippen LogP contribution in [0.3, 0.4) is 0 Å². The zero-order chi connectivity index (χ0) is 13.4. The van der Waals surface area contributed by atoms with Crippen LogP contribution in [0.25, 0.3) is 0 Å². The maximum atomic E-state index is 11.6. The lowest BCUT2D eigenvalue weighted by atomic mass is 10.2. The van der Waals surface area contributed by atoms with Gasteiger partial charge in [-0.1, -0.05) is 0 Å². The summed E-state index contributed by atoms with van der Waals surface area (Å²) in [5.74, 6) is -0.183. The van der Waals surface area contributed by atoms with Gasteiger partial charge in [0.15, 0.2) is 0 Å². The molecule has 1 aromatic heterocycles. The molecule has 1 amide bonds. The van der Waals surface area contributed by atoms with Gasteiger partial charge in [-0.15, -0.1) is 0 Å². The number of ether oxygens (including phenoxy) is 1. The van der Waals surface area contributed by atoms with Gasteiger partial charge in [0.2, 0.25) is 0 Å². The number of methoxy groups -OCH3 is 1. The van der Waals surface area contributed by atoms with Gasteiger partial charge in [-0.3, -0.25) is 9.78 Å². The molecule has 0 saturated carbocycles. The fourth-order valence-electron chi connectivity index (χ4n) is 1.50. The molecular weight excluding hydrogens is 232 g/mol. The summed E-state index contributed by atoms with van der Waals surface area (Å²) in [6.07, 6.45) is 1.59. The number of nitrogens with one attached hydrogen (secondary N) is 2. The first kappa shape index (κ1) is 14.4. The minimum atomic E-state index is -0.183. The molecule has 1 aromatic rings. The molecule has 0 saturated heterocycles. The number of nitrogens with zero attached hydrogens (tertiary/aromatic N) is 1. The second-order valence-corrected chi connectivity index (χ2v) is 3.82. The van der Waals surface area contributed by atoms with Crippen LogP contribution in [0, 0.1) is 0 Å². The highest BCUT2D eigenvalue weighted by molar-refractivity contribution is 5.93. The fourth-order valence-corrected chi connectivity index (χ4v) is 1.50. The Morgan fingerprint density at radius 2 is 2.39 bits per heavy atom. The third-order valence-electron chi connectivity index (χ3n) is 2.35. The van der Waals surface area contributed by atoms with Gasteiger partial charge in [0.25, 0.3) is 5.91 Å². The van der Waals surface area contributed by atoms with E-state index in [9.17, 15) is 4.79 Å². The van der Waals surface area contributed by atoms with Gasteiger partial charge < -0.3 is 21.1 Å². The Kier molecular flexibility index (Phi) is 6.10. The van der Waals surface area contributed by atoms with Crippen LogP contribution in [-0.4, -0.2) is 43.7 Å². The van der Waals surface area contributed by atoms with E-state index in [1.54, 1.807) is 25.4 Å². The first-order valence-electron chi connectivity index (χ1n) is 5.91. The molecule has 6 heteroatoms. The number of hydrogen-bond acceptors (Lipinski definition) is 5. The molecule has 0 radical (unpaired) electrons. The molecule has 100 valence electrons. The van der Waals surface area contributed by atoms with E-state index in [4.69, 9.17) is 10.5 Å². The molecule has 4 N–H and O–H groups in total. The van der Waals surface area contributed by atoms with Gasteiger partial charge in [-0.05, 0) is 19.1 Å². The molecule has 0 fully saturated rings. The number of hydrogen-bond donors (Lipinski definition) is 3. The summed E-state index contributed by atoms with van der Waals surface area (Å²) in [5, 5.41) is 5.90. The standard InChI is InChI=1S/C12H20N4O2/c1-3-14-12(17)11-6-9(4-5-15-11)16-10(7-13)8-18-2/h4-6,10H,3,7-8,13H2,1-2H3,(H,14,17)(H,15,16). The SMILES string of the molecule is CCNC(=O)c1cc(NC(CN)COC)ccn1. The second-order valence-electron chi connectivity index (χ2n) is 3.82. The van der Waals surface area contributed by atoms with E-state index in [1.165, 1.54) is 0 Å². The third-order valence-corrected chi connectivity index (χ3v) is 2.35. The molecule has 18 heavy (non-hydrogen) atoms. The van der Waals surface area contributed by atoms with Gasteiger partial charge in [0.05, 0.1) is 12.6 Å². The molecule has 0 spiro atoms. The van der Waals surface area contributed by atoms with Crippen LogP contribution in [0.15, 0.2) is 18.3 Å². The summed E-state index contributed by atoms with van der Waals surface area (Å²) in [5.41, 5.74) is 6.80. The molecule has 0 aromatic carbocycles. The number of aromatic nitrogens is 1. The van der Waals surface area contributed by atoms with Crippen molar-refractivity contribution in [3.05, 3.63) is 24.0 Å². The van der Waals surface area contributed by atoms with E-state index in [0.717, 1.165) is 5.69 Å². The predicted molar refractivity (Wildman–Crippen MR) is 70.6 cm³/mol. The van der Waals surface area contributed by atoms with Gasteiger partial charge in [0.1, 0.15) is 5.69 Å². The van der Waals surface area contributed by atoms with Crippen LogP contribution >= 0.6 is 0 Å².